The number of nitrogens with zero attached hydrogens (tertiary/aromatic N) is 4. The van der Waals surface area contributed by atoms with E-state index in [-0.39, 0.29) is 28.9 Å². The monoisotopic (exact) mass is 465 g/mol. The van der Waals surface area contributed by atoms with Crippen LogP contribution in [0.4, 0.5) is 22.0 Å². The second-order valence-corrected chi connectivity index (χ2v) is 7.99. The number of aromatic nitrogens is 4. The van der Waals surface area contributed by atoms with Gasteiger partial charge in [-0.05, 0) is 17.4 Å². The molecule has 13 nitrogen and oxygen atoms in total. The summed E-state index contributed by atoms with van der Waals surface area (Å²) in [6.45, 7) is -0.405. The van der Waals surface area contributed by atoms with Crippen molar-refractivity contribution < 1.29 is 28.7 Å². The molecular weight excluding hydrogens is 443 g/mol. The molecule has 0 fully saturated rings. The highest BCUT2D eigenvalue weighted by atomic mass is 16.5. The second kappa shape index (κ2) is 10.2. The molecule has 2 aromatic heterocycles. The molecule has 0 spiro atoms. The largest absolute Gasteiger partial charge is 0.494 e. The van der Waals surface area contributed by atoms with Crippen LogP contribution in [0.5, 0.6) is 5.75 Å². The number of hydrogen-bond donors (Lipinski definition) is 4. The molecule has 0 aliphatic heterocycles. The van der Waals surface area contributed by atoms with Gasteiger partial charge in [-0.15, -0.1) is 10.2 Å². The van der Waals surface area contributed by atoms with Gasteiger partial charge in [-0.1, -0.05) is 11.2 Å². The normalized spacial score (nSPS) is 10.9. The van der Waals surface area contributed by atoms with E-state index in [0.29, 0.717) is 17.0 Å². The number of nitrogens with one attached hydrogen (secondary N) is 3. The number of benzene rings is 1. The predicted octanol–water partition coefficient (Wildman–Crippen LogP) is -1.81. The van der Waals surface area contributed by atoms with Crippen LogP contribution in [0.25, 0.3) is 11.4 Å². The number of rotatable bonds is 8. The lowest BCUT2D eigenvalue weighted by atomic mass is 9.49. The summed E-state index contributed by atoms with van der Waals surface area (Å²) in [7, 11) is 8.16. The molecule has 0 saturated carbocycles. The van der Waals surface area contributed by atoms with Crippen molar-refractivity contribution in [1.82, 2.24) is 25.7 Å². The molecule has 0 bridgehead atoms. The van der Waals surface area contributed by atoms with Gasteiger partial charge >= 0.3 is 6.09 Å². The van der Waals surface area contributed by atoms with Crippen LogP contribution in [-0.2, 0) is 11.3 Å². The molecule has 0 radical (unpaired) electrons. The third kappa shape index (κ3) is 5.83. The number of carbonyl (C=O) groups excluding carboxylic acids is 2. The molecule has 0 aliphatic rings. The van der Waals surface area contributed by atoms with Crippen LogP contribution in [-0.4, -0.2) is 80.4 Å². The molecule has 0 atom stereocenters. The van der Waals surface area contributed by atoms with Gasteiger partial charge in [0.05, 0.1) is 31.2 Å². The minimum Gasteiger partial charge on any atom is -0.494 e. The maximum atomic E-state index is 12.9. The summed E-state index contributed by atoms with van der Waals surface area (Å²) in [6, 6.07) is 6.56. The van der Waals surface area contributed by atoms with Gasteiger partial charge in [0.2, 0.25) is 5.82 Å². The predicted molar refractivity (Wildman–Crippen MR) is 129 cm³/mol. The van der Waals surface area contributed by atoms with Crippen LogP contribution in [0, 0.1) is 0 Å². The zero-order valence-corrected chi connectivity index (χ0v) is 19.3. The van der Waals surface area contributed by atoms with Crippen molar-refractivity contribution in [3.05, 3.63) is 35.9 Å². The summed E-state index contributed by atoms with van der Waals surface area (Å²) < 4.78 is 15.1. The average Bonchev–Trinajstić information content (AvgIpc) is 3.27. The zero-order chi connectivity index (χ0) is 24.9. The summed E-state index contributed by atoms with van der Waals surface area (Å²) in [5.41, 5.74) is 1.14. The fourth-order valence-corrected chi connectivity index (χ4v) is 2.88. The zero-order valence-electron chi connectivity index (χ0n) is 19.3. The molecule has 174 valence electrons. The molecular formula is C18H22B3N7O6. The lowest BCUT2D eigenvalue weighted by Crippen LogP contribution is -2.50. The Hall–Kier alpha value is -4.07. The van der Waals surface area contributed by atoms with E-state index in [2.05, 4.69) is 41.0 Å². The first-order valence-electron chi connectivity index (χ1n) is 10.1. The summed E-state index contributed by atoms with van der Waals surface area (Å²) in [5, 5.41) is 28.8. The van der Waals surface area contributed by atoms with Gasteiger partial charge < -0.3 is 29.7 Å². The van der Waals surface area contributed by atoms with E-state index in [1.165, 1.54) is 20.3 Å². The smallest absolute Gasteiger partial charge is 0.412 e. The Labute approximate surface area is 197 Å². The Morgan fingerprint density at radius 1 is 1.18 bits per heavy atom. The second-order valence-electron chi connectivity index (χ2n) is 7.99. The van der Waals surface area contributed by atoms with Crippen molar-refractivity contribution >= 4 is 52.7 Å². The van der Waals surface area contributed by atoms with Gasteiger partial charge in [-0.2, -0.15) is 4.98 Å². The van der Waals surface area contributed by atoms with E-state index in [0.717, 1.165) is 0 Å². The minimum absolute atomic E-state index is 0.0140. The fraction of sp³-hybridized carbons (Fsp3) is 0.222. The van der Waals surface area contributed by atoms with E-state index < -0.39 is 23.8 Å². The Balaban J connectivity index is 2.05. The SMILES string of the molecule is BC(B)(B)NC(=O)c1nnc(NC(=O)OC)cc1Nc1cccc(-c2noc(CO)n2)c1OC. The lowest BCUT2D eigenvalue weighted by molar-refractivity contribution is 0.0947. The minimum atomic E-state index is -0.747. The van der Waals surface area contributed by atoms with Crippen molar-refractivity contribution in [2.45, 2.75) is 11.8 Å². The van der Waals surface area contributed by atoms with Crippen LogP contribution in [0.15, 0.2) is 28.8 Å². The third-order valence-electron chi connectivity index (χ3n) is 4.25. The highest BCUT2D eigenvalue weighted by Crippen LogP contribution is 2.37. The van der Waals surface area contributed by atoms with E-state index >= 15 is 0 Å². The van der Waals surface area contributed by atoms with Crippen LogP contribution in [0.3, 0.4) is 0 Å². The summed E-state index contributed by atoms with van der Waals surface area (Å²) in [5.74, 6) is 0.175. The molecule has 0 aliphatic carbocycles. The van der Waals surface area contributed by atoms with E-state index in [1.54, 1.807) is 18.2 Å². The number of aliphatic hydroxyl groups excluding tert-OH is 1. The fourth-order valence-electron chi connectivity index (χ4n) is 2.88. The van der Waals surface area contributed by atoms with Crippen molar-refractivity contribution in [2.24, 2.45) is 0 Å². The molecule has 3 aromatic rings. The van der Waals surface area contributed by atoms with Gasteiger partial charge in [-0.25, -0.2) is 4.79 Å². The summed E-state index contributed by atoms with van der Waals surface area (Å²) in [4.78, 5) is 28.6. The van der Waals surface area contributed by atoms with Gasteiger partial charge in [0.15, 0.2) is 17.3 Å². The first-order chi connectivity index (χ1) is 16.1. The van der Waals surface area contributed by atoms with Crippen LogP contribution >= 0.6 is 0 Å². The Morgan fingerprint density at radius 3 is 2.56 bits per heavy atom. The van der Waals surface area contributed by atoms with Crippen molar-refractivity contribution in [3.8, 4) is 17.1 Å². The van der Waals surface area contributed by atoms with Crippen molar-refractivity contribution in [1.29, 1.82) is 0 Å². The quantitative estimate of drug-likeness (QED) is 0.276. The van der Waals surface area contributed by atoms with Gasteiger partial charge in [-0.3, -0.25) is 10.1 Å². The van der Waals surface area contributed by atoms with E-state index in [1.807, 2.05) is 23.5 Å². The maximum Gasteiger partial charge on any atom is 0.412 e. The standard InChI is InChI=1S/C18H22B3N7O6/c1-32-14-8(15-24-12(7-29)34-28-15)4-3-5-9(14)22-10-6-11(23-17(31)33-2)26-27-13(10)16(30)25-18(19,20)21/h3-6,29H,7,19-21H2,1-2H3,(H,25,30)(H2,22,23,26,31). The van der Waals surface area contributed by atoms with Crippen LogP contribution < -0.4 is 20.7 Å². The highest BCUT2D eigenvalue weighted by molar-refractivity contribution is 6.60. The first-order valence-corrected chi connectivity index (χ1v) is 10.1. The van der Waals surface area contributed by atoms with E-state index in [9.17, 15) is 14.7 Å². The number of amides is 2. The summed E-state index contributed by atoms with van der Waals surface area (Å²) in [6.07, 6.45) is -0.747. The molecule has 1 aromatic carbocycles. The highest BCUT2D eigenvalue weighted by Gasteiger charge is 2.23. The topological polar surface area (TPSA) is 174 Å². The first kappa shape index (κ1) is 24.6. The Bertz CT molecular complexity index is 1200. The third-order valence-corrected chi connectivity index (χ3v) is 4.25. The number of aliphatic hydroxyl groups is 1. The molecule has 34 heavy (non-hydrogen) atoms. The molecule has 2 amide bonds. The van der Waals surface area contributed by atoms with E-state index in [4.69, 9.17) is 9.26 Å². The van der Waals surface area contributed by atoms with Crippen molar-refractivity contribution in [3.63, 3.8) is 0 Å². The number of para-hydroxylation sites is 1. The molecule has 2 heterocycles. The van der Waals surface area contributed by atoms with Gasteiger partial charge in [0.25, 0.3) is 11.8 Å². The molecule has 16 heteroatoms. The van der Waals surface area contributed by atoms with Gasteiger partial charge in [0.1, 0.15) is 30.1 Å². The Morgan fingerprint density at radius 2 is 1.94 bits per heavy atom. The number of ether oxygens (including phenoxy) is 2. The number of methoxy groups -OCH3 is 2. The molecule has 0 saturated heterocycles. The number of anilines is 3. The number of carbonyl (C=O) groups is 2. The number of hydrogen-bond acceptors (Lipinski definition) is 11. The average molecular weight is 465 g/mol. The molecule has 4 N–H and O–H groups in total. The molecule has 0 unspecified atom stereocenters. The molecule has 3 rings (SSSR count). The van der Waals surface area contributed by atoms with Crippen molar-refractivity contribution in [2.75, 3.05) is 24.9 Å². The van der Waals surface area contributed by atoms with Crippen LogP contribution in [0.1, 0.15) is 16.4 Å². The lowest BCUT2D eigenvalue weighted by Gasteiger charge is -2.21. The summed E-state index contributed by atoms with van der Waals surface area (Å²) >= 11 is 0. The van der Waals surface area contributed by atoms with Gasteiger partial charge in [0, 0.05) is 6.07 Å². The van der Waals surface area contributed by atoms with Crippen LogP contribution in [0.2, 0.25) is 0 Å². The Kier molecular flexibility index (Phi) is 7.41. The maximum absolute atomic E-state index is 12.9.